The van der Waals surface area contributed by atoms with Gasteiger partial charge in [-0.15, -0.1) is 0 Å². The fraction of sp³-hybridized carbons (Fsp3) is 0.296. The van der Waals surface area contributed by atoms with Gasteiger partial charge in [-0.05, 0) is 48.5 Å². The van der Waals surface area contributed by atoms with Crippen LogP contribution in [0.15, 0.2) is 72.7 Å². The Kier molecular flexibility index (Phi) is 9.51. The SMILES string of the molecule is C=C/C=C(\C=C(/N)OC)C(=O)N1C[C@H](c2ccc(Cl)c(Cl)c2)[C@@H](N(C)Cc2ccc(C(F)(F)F)c(F)c2)C1. The van der Waals surface area contributed by atoms with E-state index in [0.29, 0.717) is 22.2 Å². The van der Waals surface area contributed by atoms with Gasteiger partial charge in [0.05, 0.1) is 22.7 Å². The maximum absolute atomic E-state index is 14.2. The number of likely N-dealkylation sites (N-methyl/N-ethyl adjacent to an activating group) is 1. The van der Waals surface area contributed by atoms with Crippen molar-refractivity contribution in [1.82, 2.24) is 9.80 Å². The highest BCUT2D eigenvalue weighted by atomic mass is 35.5. The number of hydrogen-bond acceptors (Lipinski definition) is 4. The average Bonchev–Trinajstić information content (AvgIpc) is 3.30. The van der Waals surface area contributed by atoms with Gasteiger partial charge in [-0.25, -0.2) is 4.39 Å². The molecule has 0 unspecified atom stereocenters. The second-order valence-corrected chi connectivity index (χ2v) is 9.71. The number of carbonyl (C=O) groups excluding carboxylic acids is 1. The van der Waals surface area contributed by atoms with Crippen molar-refractivity contribution in [3.8, 4) is 0 Å². The van der Waals surface area contributed by atoms with Gasteiger partial charge in [-0.3, -0.25) is 9.69 Å². The van der Waals surface area contributed by atoms with E-state index in [2.05, 4.69) is 6.58 Å². The summed E-state index contributed by atoms with van der Waals surface area (Å²) in [6.07, 6.45) is -0.399. The number of rotatable bonds is 8. The number of ether oxygens (including phenoxy) is 1. The van der Waals surface area contributed by atoms with E-state index in [1.807, 2.05) is 11.0 Å². The molecule has 204 valence electrons. The van der Waals surface area contributed by atoms with E-state index in [9.17, 15) is 22.4 Å². The summed E-state index contributed by atoms with van der Waals surface area (Å²) in [6, 6.07) is 7.79. The lowest BCUT2D eigenvalue weighted by molar-refractivity contribution is -0.140. The third-order valence-corrected chi connectivity index (χ3v) is 7.10. The van der Waals surface area contributed by atoms with Crippen LogP contribution in [0.2, 0.25) is 10.0 Å². The van der Waals surface area contributed by atoms with Gasteiger partial charge >= 0.3 is 6.18 Å². The number of methoxy groups -OCH3 is 1. The molecule has 38 heavy (non-hydrogen) atoms. The van der Waals surface area contributed by atoms with Crippen molar-refractivity contribution in [2.45, 2.75) is 24.7 Å². The minimum atomic E-state index is -4.78. The van der Waals surface area contributed by atoms with Gasteiger partial charge in [0.25, 0.3) is 5.91 Å². The monoisotopic (exact) mass is 571 g/mol. The molecule has 5 nitrogen and oxygen atoms in total. The van der Waals surface area contributed by atoms with Crippen LogP contribution in [0.5, 0.6) is 0 Å². The highest BCUT2D eigenvalue weighted by molar-refractivity contribution is 6.42. The smallest absolute Gasteiger partial charge is 0.419 e. The summed E-state index contributed by atoms with van der Waals surface area (Å²) in [6.45, 7) is 4.38. The van der Waals surface area contributed by atoms with Crippen LogP contribution in [-0.2, 0) is 22.3 Å². The minimum Gasteiger partial charge on any atom is -0.483 e. The van der Waals surface area contributed by atoms with Gasteiger partial charge in [-0.1, -0.05) is 48.0 Å². The van der Waals surface area contributed by atoms with Crippen molar-refractivity contribution in [1.29, 1.82) is 0 Å². The highest BCUT2D eigenvalue weighted by Crippen LogP contribution is 2.36. The molecule has 2 atom stereocenters. The first-order valence-electron chi connectivity index (χ1n) is 11.5. The molecule has 1 saturated heterocycles. The summed E-state index contributed by atoms with van der Waals surface area (Å²) in [4.78, 5) is 16.9. The lowest BCUT2D eigenvalue weighted by atomic mass is 9.93. The van der Waals surface area contributed by atoms with Crippen molar-refractivity contribution in [2.75, 3.05) is 27.2 Å². The van der Waals surface area contributed by atoms with Crippen LogP contribution in [0.1, 0.15) is 22.6 Å². The van der Waals surface area contributed by atoms with Crippen molar-refractivity contribution < 1.29 is 27.1 Å². The highest BCUT2D eigenvalue weighted by Gasteiger charge is 2.39. The molecule has 3 rings (SSSR count). The summed E-state index contributed by atoms with van der Waals surface area (Å²) in [5.74, 6) is -1.84. The van der Waals surface area contributed by atoms with Crippen LogP contribution in [-0.4, -0.2) is 49.0 Å². The molecule has 0 spiro atoms. The van der Waals surface area contributed by atoms with Gasteiger partial charge in [-0.2, -0.15) is 13.2 Å². The van der Waals surface area contributed by atoms with Crippen molar-refractivity contribution in [3.63, 3.8) is 0 Å². The Bertz CT molecular complexity index is 1260. The number of nitrogens with two attached hydrogens (primary N) is 1. The molecule has 1 fully saturated rings. The minimum absolute atomic E-state index is 0.0460. The molecule has 11 heteroatoms. The lowest BCUT2D eigenvalue weighted by Gasteiger charge is -2.29. The second kappa shape index (κ2) is 12.2. The molecule has 1 aliphatic rings. The van der Waals surface area contributed by atoms with E-state index in [0.717, 1.165) is 17.7 Å². The van der Waals surface area contributed by atoms with Gasteiger partial charge < -0.3 is 15.4 Å². The molecule has 2 aromatic carbocycles. The number of allylic oxidation sites excluding steroid dienone is 2. The molecule has 1 aliphatic heterocycles. The number of halogens is 6. The summed E-state index contributed by atoms with van der Waals surface area (Å²) >= 11 is 12.4. The third-order valence-electron chi connectivity index (χ3n) is 6.36. The third kappa shape index (κ3) is 6.89. The van der Waals surface area contributed by atoms with E-state index in [4.69, 9.17) is 33.7 Å². The number of hydrogen-bond donors (Lipinski definition) is 1. The predicted molar refractivity (Wildman–Crippen MR) is 140 cm³/mol. The molecular weight excluding hydrogens is 545 g/mol. The quantitative estimate of drug-likeness (QED) is 0.179. The molecule has 2 aromatic rings. The molecule has 2 N–H and O–H groups in total. The zero-order chi connectivity index (χ0) is 28.2. The van der Waals surface area contributed by atoms with Gasteiger partial charge in [0.15, 0.2) is 5.88 Å². The molecule has 0 aromatic heterocycles. The zero-order valence-electron chi connectivity index (χ0n) is 20.7. The van der Waals surface area contributed by atoms with Crippen molar-refractivity contribution in [3.05, 3.63) is 105 Å². The Morgan fingerprint density at radius 3 is 2.50 bits per heavy atom. The van der Waals surface area contributed by atoms with Crippen LogP contribution >= 0.6 is 23.2 Å². The van der Waals surface area contributed by atoms with E-state index in [1.54, 1.807) is 24.1 Å². The Balaban J connectivity index is 1.93. The number of likely N-dealkylation sites (tertiary alicyclic amines) is 1. The van der Waals surface area contributed by atoms with E-state index in [1.165, 1.54) is 31.4 Å². The summed E-state index contributed by atoms with van der Waals surface area (Å²) in [7, 11) is 3.15. The van der Waals surface area contributed by atoms with Crippen LogP contribution in [0.3, 0.4) is 0 Å². The van der Waals surface area contributed by atoms with E-state index >= 15 is 0 Å². The van der Waals surface area contributed by atoms with E-state index < -0.39 is 17.6 Å². The number of amides is 1. The molecule has 0 saturated carbocycles. The topological polar surface area (TPSA) is 58.8 Å². The Hall–Kier alpha value is -3.01. The van der Waals surface area contributed by atoms with Crippen molar-refractivity contribution in [2.24, 2.45) is 5.73 Å². The predicted octanol–water partition coefficient (Wildman–Crippen LogP) is 6.14. The van der Waals surface area contributed by atoms with Crippen LogP contribution in [0.4, 0.5) is 17.6 Å². The standard InChI is InChI=1S/C27H27Cl2F4N3O2/c1-4-5-18(12-25(34)38-3)26(37)36-14-19(17-7-9-21(28)22(29)11-17)24(15-36)35(2)13-16-6-8-20(23(30)10-16)27(31,32)33/h4-12,19,24H,1,13-15,34H2,2-3H3/b18-5+,25-12+/t19-,24+/m1/s1. The maximum atomic E-state index is 14.2. The number of benzene rings is 2. The molecule has 0 aliphatic carbocycles. The van der Waals surface area contributed by atoms with Crippen LogP contribution in [0.25, 0.3) is 0 Å². The number of carbonyl (C=O) groups is 1. The first-order valence-corrected chi connectivity index (χ1v) is 12.2. The van der Waals surface area contributed by atoms with Crippen LogP contribution < -0.4 is 5.73 Å². The average molecular weight is 572 g/mol. The van der Waals surface area contributed by atoms with Crippen LogP contribution in [0, 0.1) is 5.82 Å². The fourth-order valence-corrected chi connectivity index (χ4v) is 4.77. The molecule has 1 heterocycles. The normalized spacial score (nSPS) is 18.7. The molecule has 1 amide bonds. The number of nitrogens with zero attached hydrogens (tertiary/aromatic N) is 2. The van der Waals surface area contributed by atoms with Gasteiger partial charge in [0, 0.05) is 43.2 Å². The zero-order valence-corrected chi connectivity index (χ0v) is 22.2. The fourth-order valence-electron chi connectivity index (χ4n) is 4.46. The summed E-state index contributed by atoms with van der Waals surface area (Å²) in [5, 5.41) is 0.728. The second-order valence-electron chi connectivity index (χ2n) is 8.89. The molecule has 0 bridgehead atoms. The summed E-state index contributed by atoms with van der Waals surface area (Å²) < 4.78 is 58.1. The first kappa shape index (κ1) is 29.5. The Morgan fingerprint density at radius 2 is 1.92 bits per heavy atom. The lowest BCUT2D eigenvalue weighted by Crippen LogP contribution is -2.38. The van der Waals surface area contributed by atoms with Gasteiger partial charge in [0.1, 0.15) is 5.82 Å². The summed E-state index contributed by atoms with van der Waals surface area (Å²) in [5.41, 5.74) is 5.89. The Morgan fingerprint density at radius 1 is 1.21 bits per heavy atom. The molecule has 0 radical (unpaired) electrons. The van der Waals surface area contributed by atoms with Crippen molar-refractivity contribution >= 4 is 29.1 Å². The maximum Gasteiger partial charge on any atom is 0.419 e. The first-order chi connectivity index (χ1) is 17.8. The Labute approximate surface area is 228 Å². The number of alkyl halides is 3. The van der Waals surface area contributed by atoms with E-state index in [-0.39, 0.29) is 42.4 Å². The van der Waals surface area contributed by atoms with Gasteiger partial charge in [0.2, 0.25) is 0 Å². The molecular formula is C27H27Cl2F4N3O2. The largest absolute Gasteiger partial charge is 0.483 e.